The van der Waals surface area contributed by atoms with Crippen molar-refractivity contribution in [3.05, 3.63) is 146 Å². The van der Waals surface area contributed by atoms with Gasteiger partial charge in [-0.05, 0) is 60.6 Å². The average molecular weight is 605 g/mol. The van der Waals surface area contributed by atoms with Gasteiger partial charge in [0.15, 0.2) is 0 Å². The summed E-state index contributed by atoms with van der Waals surface area (Å²) >= 11 is 0. The van der Waals surface area contributed by atoms with E-state index in [0.29, 0.717) is 0 Å². The summed E-state index contributed by atoms with van der Waals surface area (Å²) in [5.74, 6) is 0. The molecule has 8 nitrogen and oxygen atoms in total. The third-order valence-corrected chi connectivity index (χ3v) is 7.77. The standard InChI is InChI=1S/C18H15P.C9H9BN6.NO.Ru/c1-4-10-16(11-5-1)19(17-12-6-2-7-13-17)18-14-8-3-9-15-18;1-4-11-14(7-1)10(15-8-2-5-12-15)16-9-3-6-13-16;1-2;/h1-15H;1-9H;;/q;-1;2*+1. The molecule has 3 aromatic carbocycles. The van der Waals surface area contributed by atoms with Gasteiger partial charge >= 0.3 is 29.7 Å². The predicted molar refractivity (Wildman–Crippen MR) is 146 cm³/mol. The van der Waals surface area contributed by atoms with E-state index in [9.17, 15) is 0 Å². The zero-order valence-electron chi connectivity index (χ0n) is 20.3. The van der Waals surface area contributed by atoms with Gasteiger partial charge in [-0.3, -0.25) is 0 Å². The number of rotatable bonds is 6. The smallest absolute Gasteiger partial charge is 0.425 e. The van der Waals surface area contributed by atoms with E-state index >= 15 is 0 Å². The molecular weight excluding hydrogens is 581 g/mol. The Bertz CT molecular complexity index is 1260. The average Bonchev–Trinajstić information content (AvgIpc) is 3.78. The van der Waals surface area contributed by atoms with Gasteiger partial charge in [0.1, 0.15) is 0 Å². The first kappa shape index (κ1) is 28.6. The maximum atomic E-state index is 7.25. The molecule has 0 amide bonds. The zero-order chi connectivity index (χ0) is 25.7. The maximum Gasteiger partial charge on any atom is 1.00 e. The number of nitrogens with zero attached hydrogens (tertiary/aromatic N) is 7. The molecule has 188 valence electrons. The predicted octanol–water partition coefficient (Wildman–Crippen LogP) is 3.54. The van der Waals surface area contributed by atoms with Gasteiger partial charge in [0, 0.05) is 18.6 Å². The minimum Gasteiger partial charge on any atom is -0.425 e. The van der Waals surface area contributed by atoms with Crippen LogP contribution in [0.1, 0.15) is 0 Å². The molecule has 0 aliphatic heterocycles. The molecule has 0 N–H and O–H groups in total. The van der Waals surface area contributed by atoms with E-state index < -0.39 is 7.92 Å². The van der Waals surface area contributed by atoms with E-state index in [4.69, 9.17) is 10.2 Å². The van der Waals surface area contributed by atoms with Gasteiger partial charge in [-0.1, -0.05) is 91.0 Å². The van der Waals surface area contributed by atoms with Crippen LogP contribution in [0.5, 0.6) is 0 Å². The van der Waals surface area contributed by atoms with Crippen molar-refractivity contribution in [3.63, 3.8) is 0 Å². The normalized spacial score (nSPS) is 10.0. The van der Waals surface area contributed by atoms with Crippen molar-refractivity contribution in [1.29, 1.82) is 5.46 Å². The monoisotopic (exact) mass is 606 g/mol. The fourth-order valence-electron chi connectivity index (χ4n) is 3.79. The van der Waals surface area contributed by atoms with Crippen LogP contribution in [-0.2, 0) is 24.3 Å². The minimum absolute atomic E-state index is 0. The van der Waals surface area contributed by atoms with Gasteiger partial charge in [-0.25, -0.2) is 15.3 Å². The first-order valence-electron chi connectivity index (χ1n) is 11.5. The van der Waals surface area contributed by atoms with E-state index in [-0.39, 0.29) is 26.6 Å². The molecule has 0 atom stereocenters. The molecule has 3 aromatic heterocycles. The number of aromatic nitrogens is 6. The summed E-state index contributed by atoms with van der Waals surface area (Å²) in [4.78, 5) is 0. The second-order valence-corrected chi connectivity index (χ2v) is 9.87. The van der Waals surface area contributed by atoms with Gasteiger partial charge in [0.05, 0.1) is 0 Å². The summed E-state index contributed by atoms with van der Waals surface area (Å²) in [5, 5.41) is 16.9. The van der Waals surface area contributed by atoms with Crippen LogP contribution in [0.3, 0.4) is 0 Å². The molecule has 3 heterocycles. The van der Waals surface area contributed by atoms with Gasteiger partial charge in [0.2, 0.25) is 0 Å². The van der Waals surface area contributed by atoms with Gasteiger partial charge in [0.25, 0.3) is 7.12 Å². The molecular formula is C27H24BN7OPRu+. The molecule has 2 radical (unpaired) electrons. The van der Waals surface area contributed by atoms with E-state index in [2.05, 4.69) is 106 Å². The molecule has 6 aromatic rings. The summed E-state index contributed by atoms with van der Waals surface area (Å²) in [5.41, 5.74) is 5.75. The summed E-state index contributed by atoms with van der Waals surface area (Å²) in [6.07, 6.45) is 10.9. The molecule has 6 rings (SSSR count). The number of benzene rings is 3. The van der Waals surface area contributed by atoms with Crippen molar-refractivity contribution in [2.45, 2.75) is 0 Å². The Hall–Kier alpha value is -3.92. The Kier molecular flexibility index (Phi) is 11.6. The van der Waals surface area contributed by atoms with Crippen LogP contribution in [0.2, 0.25) is 0 Å². The summed E-state index contributed by atoms with van der Waals surface area (Å²) in [7, 11) is -0.640. The van der Waals surface area contributed by atoms with Crippen LogP contribution in [0.25, 0.3) is 0 Å². The van der Waals surface area contributed by atoms with E-state index in [1.165, 1.54) is 15.9 Å². The van der Waals surface area contributed by atoms with Crippen LogP contribution in [0, 0.1) is 5.46 Å². The van der Waals surface area contributed by atoms with Gasteiger partial charge < -0.3 is 13.8 Å². The molecule has 0 aliphatic carbocycles. The number of hydrogen-bond donors (Lipinski definition) is 0. The van der Waals surface area contributed by atoms with Crippen molar-refractivity contribution in [2.24, 2.45) is 0 Å². The Morgan fingerprint density at radius 3 is 1.03 bits per heavy atom. The SMILES string of the molecule is N#[O+].[Ru+].c1ccc(P(c2ccccc2)c2ccccc2)cc1.c1cnn([B-](n2cccn2)n2cccn2)c1. The Balaban J connectivity index is 0.000000195. The molecule has 0 aliphatic rings. The van der Waals surface area contributed by atoms with Crippen LogP contribution in [0.15, 0.2) is 146 Å². The zero-order valence-corrected chi connectivity index (χ0v) is 22.9. The van der Waals surface area contributed by atoms with Gasteiger partial charge in [-0.2, -0.15) is 0 Å². The van der Waals surface area contributed by atoms with Crippen LogP contribution in [-0.4, -0.2) is 36.2 Å². The Labute approximate surface area is 235 Å². The van der Waals surface area contributed by atoms with Crippen LogP contribution in [0.4, 0.5) is 0 Å². The Morgan fingerprint density at radius 1 is 0.500 bits per heavy atom. The van der Waals surface area contributed by atoms with Crippen molar-refractivity contribution in [2.75, 3.05) is 0 Å². The fraction of sp³-hybridized carbons (Fsp3) is 0. The second kappa shape index (κ2) is 15.4. The fourth-order valence-corrected chi connectivity index (χ4v) is 6.10. The molecule has 0 bridgehead atoms. The molecule has 0 saturated heterocycles. The van der Waals surface area contributed by atoms with Crippen molar-refractivity contribution >= 4 is 31.0 Å². The third kappa shape index (κ3) is 7.32. The van der Waals surface area contributed by atoms with Crippen LogP contribution < -0.4 is 15.9 Å². The topological polar surface area (TPSA) is 97.1 Å². The summed E-state index contributed by atoms with van der Waals surface area (Å²) < 4.78 is 12.6. The summed E-state index contributed by atoms with van der Waals surface area (Å²) in [6.45, 7) is 0. The Morgan fingerprint density at radius 2 is 0.789 bits per heavy atom. The summed E-state index contributed by atoms with van der Waals surface area (Å²) in [6, 6.07) is 38.0. The molecule has 11 heteroatoms. The first-order chi connectivity index (χ1) is 18.4. The van der Waals surface area contributed by atoms with E-state index in [1.54, 1.807) is 32.4 Å². The number of hydrogen-bond acceptors (Lipinski definition) is 4. The van der Waals surface area contributed by atoms with E-state index in [0.717, 1.165) is 0 Å². The molecule has 0 fully saturated rings. The van der Waals surface area contributed by atoms with Crippen molar-refractivity contribution < 1.29 is 24.3 Å². The first-order valence-corrected chi connectivity index (χ1v) is 12.9. The molecule has 0 unspecified atom stereocenters. The quantitative estimate of drug-likeness (QED) is 0.165. The van der Waals surface area contributed by atoms with Gasteiger partial charge in [-0.15, -0.1) is 0 Å². The second-order valence-electron chi connectivity index (χ2n) is 7.65. The van der Waals surface area contributed by atoms with Crippen LogP contribution >= 0.6 is 7.92 Å². The maximum absolute atomic E-state index is 7.25. The van der Waals surface area contributed by atoms with Crippen molar-refractivity contribution in [1.82, 2.24) is 29.1 Å². The molecule has 38 heavy (non-hydrogen) atoms. The molecule has 0 spiro atoms. The molecule has 0 saturated carbocycles. The van der Waals surface area contributed by atoms with E-state index in [1.807, 2.05) is 36.8 Å². The minimum atomic E-state index is -0.446. The largest absolute Gasteiger partial charge is 1.00 e. The third-order valence-electron chi connectivity index (χ3n) is 5.33. The van der Waals surface area contributed by atoms with Crippen molar-refractivity contribution in [3.8, 4) is 0 Å².